The van der Waals surface area contributed by atoms with E-state index in [4.69, 9.17) is 4.42 Å². The zero-order valence-corrected chi connectivity index (χ0v) is 8.12. The van der Waals surface area contributed by atoms with E-state index < -0.39 is 0 Å². The average Bonchev–Trinajstić information content (AvgIpc) is 2.50. The number of rotatable bonds is 2. The molecule has 0 aromatic carbocycles. The third kappa shape index (κ3) is 1.74. The molecule has 60 valence electrons. The van der Waals surface area contributed by atoms with Gasteiger partial charge in [0.25, 0.3) is 0 Å². The molecule has 0 atom stereocenters. The van der Waals surface area contributed by atoms with E-state index in [1.807, 2.05) is 0 Å². The first kappa shape index (κ1) is 8.58. The maximum absolute atomic E-state index is 11.0. The number of halogens is 1. The van der Waals surface area contributed by atoms with Crippen LogP contribution >= 0.6 is 22.6 Å². The van der Waals surface area contributed by atoms with Gasteiger partial charge in [0.15, 0.2) is 0 Å². The fraction of sp³-hybridized carbons (Fsp3) is 0.286. The minimum atomic E-state index is -0.342. The fourth-order valence-corrected chi connectivity index (χ4v) is 1.31. The second-order valence-corrected chi connectivity index (χ2v) is 2.70. The van der Waals surface area contributed by atoms with Crippen LogP contribution in [0.4, 0.5) is 0 Å². The Morgan fingerprint density at radius 3 is 3.00 bits per heavy atom. The van der Waals surface area contributed by atoms with E-state index in [0.29, 0.717) is 5.56 Å². The van der Waals surface area contributed by atoms with Crippen LogP contribution in [0.1, 0.15) is 15.9 Å². The van der Waals surface area contributed by atoms with E-state index >= 15 is 0 Å². The van der Waals surface area contributed by atoms with Gasteiger partial charge < -0.3 is 9.15 Å². The number of methoxy groups -OCH3 is 1. The van der Waals surface area contributed by atoms with Gasteiger partial charge in [-0.25, -0.2) is 4.79 Å². The van der Waals surface area contributed by atoms with Crippen molar-refractivity contribution in [3.8, 4) is 0 Å². The molecule has 3 nitrogen and oxygen atoms in total. The molecule has 0 aliphatic carbocycles. The van der Waals surface area contributed by atoms with Crippen LogP contribution in [-0.4, -0.2) is 13.1 Å². The molecule has 0 radical (unpaired) electrons. The van der Waals surface area contributed by atoms with Gasteiger partial charge in [0.05, 0.1) is 13.4 Å². The average molecular weight is 266 g/mol. The van der Waals surface area contributed by atoms with Crippen molar-refractivity contribution in [1.82, 2.24) is 0 Å². The van der Waals surface area contributed by atoms with Crippen molar-refractivity contribution in [2.24, 2.45) is 0 Å². The van der Waals surface area contributed by atoms with Crippen molar-refractivity contribution >= 4 is 28.6 Å². The Kier molecular flexibility index (Phi) is 2.92. The molecule has 4 heteroatoms. The van der Waals surface area contributed by atoms with E-state index in [1.54, 1.807) is 6.26 Å². The molecule has 1 rings (SSSR count). The number of hydrogen-bond acceptors (Lipinski definition) is 3. The third-order valence-electron chi connectivity index (χ3n) is 1.29. The quantitative estimate of drug-likeness (QED) is 0.467. The Morgan fingerprint density at radius 1 is 1.73 bits per heavy atom. The van der Waals surface area contributed by atoms with Crippen LogP contribution < -0.4 is 0 Å². The summed E-state index contributed by atoms with van der Waals surface area (Å²) in [5.74, 6) is -0.342. The normalized spacial score (nSPS) is 9.64. The van der Waals surface area contributed by atoms with Gasteiger partial charge in [0.1, 0.15) is 11.8 Å². The van der Waals surface area contributed by atoms with Crippen molar-refractivity contribution in [3.05, 3.63) is 23.7 Å². The molecule has 1 heterocycles. The smallest absolute Gasteiger partial charge is 0.341 e. The van der Waals surface area contributed by atoms with Crippen LogP contribution in [0.3, 0.4) is 0 Å². The standard InChI is InChI=1S/C7H7IO3/c1-10-7(9)6-4-11-3-5(6)2-8/h3-4H,2H2,1H3. The minimum Gasteiger partial charge on any atom is -0.471 e. The van der Waals surface area contributed by atoms with Gasteiger partial charge in [-0.15, -0.1) is 0 Å². The maximum atomic E-state index is 11.0. The molecule has 0 unspecified atom stereocenters. The van der Waals surface area contributed by atoms with Crippen LogP contribution in [-0.2, 0) is 9.16 Å². The topological polar surface area (TPSA) is 39.4 Å². The van der Waals surface area contributed by atoms with E-state index in [-0.39, 0.29) is 5.97 Å². The van der Waals surface area contributed by atoms with Gasteiger partial charge >= 0.3 is 5.97 Å². The second kappa shape index (κ2) is 3.75. The summed E-state index contributed by atoms with van der Waals surface area (Å²) in [5.41, 5.74) is 1.39. The van der Waals surface area contributed by atoms with E-state index in [0.717, 1.165) is 9.99 Å². The summed E-state index contributed by atoms with van der Waals surface area (Å²) in [5, 5.41) is 0. The molecule has 0 bridgehead atoms. The Hall–Kier alpha value is -0.520. The highest BCUT2D eigenvalue weighted by molar-refractivity contribution is 14.1. The summed E-state index contributed by atoms with van der Waals surface area (Å²) < 4.78 is 10.1. The van der Waals surface area contributed by atoms with Gasteiger partial charge in [0.2, 0.25) is 0 Å². The molecule has 1 aromatic heterocycles. The van der Waals surface area contributed by atoms with Crippen molar-refractivity contribution in [1.29, 1.82) is 0 Å². The minimum absolute atomic E-state index is 0.342. The SMILES string of the molecule is COC(=O)c1cocc1CI. The van der Waals surface area contributed by atoms with Gasteiger partial charge in [-0.2, -0.15) is 0 Å². The fourth-order valence-electron chi connectivity index (χ4n) is 0.716. The summed E-state index contributed by atoms with van der Waals surface area (Å²) in [6.45, 7) is 0. The van der Waals surface area contributed by atoms with Gasteiger partial charge in [-0.1, -0.05) is 22.6 Å². The van der Waals surface area contributed by atoms with E-state index in [1.165, 1.54) is 13.4 Å². The molecule has 0 spiro atoms. The Labute approximate surface area is 77.9 Å². The number of ether oxygens (including phenoxy) is 1. The lowest BCUT2D eigenvalue weighted by Gasteiger charge is -1.95. The summed E-state index contributed by atoms with van der Waals surface area (Å²) >= 11 is 2.16. The molecule has 0 saturated heterocycles. The molecule has 0 amide bonds. The predicted octanol–water partition coefficient (Wildman–Crippen LogP) is 2.00. The highest BCUT2D eigenvalue weighted by atomic mass is 127. The van der Waals surface area contributed by atoms with Crippen LogP contribution in [0.15, 0.2) is 16.9 Å². The van der Waals surface area contributed by atoms with Gasteiger partial charge in [-0.3, -0.25) is 0 Å². The van der Waals surface area contributed by atoms with Gasteiger partial charge in [0, 0.05) is 9.99 Å². The molecule has 0 aliphatic rings. The molecule has 0 N–H and O–H groups in total. The number of carbonyl (C=O) groups is 1. The van der Waals surface area contributed by atoms with E-state index in [9.17, 15) is 4.79 Å². The van der Waals surface area contributed by atoms with Crippen LogP contribution in [0.2, 0.25) is 0 Å². The molecule has 0 fully saturated rings. The zero-order valence-electron chi connectivity index (χ0n) is 5.96. The first-order valence-electron chi connectivity index (χ1n) is 2.99. The van der Waals surface area contributed by atoms with E-state index in [2.05, 4.69) is 27.3 Å². The zero-order chi connectivity index (χ0) is 8.27. The Bertz CT molecular complexity index is 254. The summed E-state index contributed by atoms with van der Waals surface area (Å²) in [6, 6.07) is 0. The van der Waals surface area contributed by atoms with Crippen molar-refractivity contribution in [2.45, 2.75) is 4.43 Å². The number of furan rings is 1. The monoisotopic (exact) mass is 266 g/mol. The lowest BCUT2D eigenvalue weighted by Crippen LogP contribution is -2.01. The maximum Gasteiger partial charge on any atom is 0.341 e. The lowest BCUT2D eigenvalue weighted by molar-refractivity contribution is 0.0599. The van der Waals surface area contributed by atoms with Crippen molar-refractivity contribution < 1.29 is 13.9 Å². The summed E-state index contributed by atoms with van der Waals surface area (Å²) in [6.07, 6.45) is 2.96. The van der Waals surface area contributed by atoms with Crippen LogP contribution in [0, 0.1) is 0 Å². The molecule has 0 saturated carbocycles. The Balaban J connectivity index is 2.92. The van der Waals surface area contributed by atoms with Crippen LogP contribution in [0.25, 0.3) is 0 Å². The molecular formula is C7H7IO3. The Morgan fingerprint density at radius 2 is 2.45 bits per heavy atom. The lowest BCUT2D eigenvalue weighted by atomic mass is 10.2. The van der Waals surface area contributed by atoms with Crippen molar-refractivity contribution in [3.63, 3.8) is 0 Å². The molecule has 0 aliphatic heterocycles. The molecular weight excluding hydrogens is 259 g/mol. The number of carbonyl (C=O) groups excluding carboxylic acids is 1. The third-order valence-corrected chi connectivity index (χ3v) is 2.11. The molecule has 1 aromatic rings. The second-order valence-electron chi connectivity index (χ2n) is 1.94. The first-order chi connectivity index (χ1) is 5.29. The predicted molar refractivity (Wildman–Crippen MR) is 47.8 cm³/mol. The number of esters is 1. The highest BCUT2D eigenvalue weighted by Gasteiger charge is 2.12. The highest BCUT2D eigenvalue weighted by Crippen LogP contribution is 2.14. The summed E-state index contributed by atoms with van der Waals surface area (Å²) in [4.78, 5) is 11.0. The van der Waals surface area contributed by atoms with Crippen molar-refractivity contribution in [2.75, 3.05) is 7.11 Å². The largest absolute Gasteiger partial charge is 0.471 e. The first-order valence-corrected chi connectivity index (χ1v) is 4.51. The molecule has 11 heavy (non-hydrogen) atoms. The number of alkyl halides is 1. The number of hydrogen-bond donors (Lipinski definition) is 0. The summed E-state index contributed by atoms with van der Waals surface area (Å²) in [7, 11) is 1.35. The van der Waals surface area contributed by atoms with Gasteiger partial charge in [-0.05, 0) is 0 Å². The van der Waals surface area contributed by atoms with Crippen LogP contribution in [0.5, 0.6) is 0 Å².